The van der Waals surface area contributed by atoms with Gasteiger partial charge in [0, 0.05) is 11.8 Å². The molecule has 1 radical (unpaired) electrons. The van der Waals surface area contributed by atoms with Gasteiger partial charge in [0.25, 0.3) is 0 Å². The number of nitrogens with zero attached hydrogens (tertiary/aromatic N) is 1. The normalized spacial score (nSPS) is 23.5. The van der Waals surface area contributed by atoms with Crippen molar-refractivity contribution in [2.75, 3.05) is 5.73 Å². The molecule has 0 spiro atoms. The van der Waals surface area contributed by atoms with Crippen molar-refractivity contribution in [1.29, 1.82) is 0 Å². The number of aromatic amines is 1. The van der Waals surface area contributed by atoms with Crippen LogP contribution in [-0.2, 0) is 0 Å². The topological polar surface area (TPSA) is 54.7 Å². The van der Waals surface area contributed by atoms with E-state index in [1.54, 1.807) is 0 Å². The van der Waals surface area contributed by atoms with Gasteiger partial charge >= 0.3 is 0 Å². The molecular weight excluding hydrogens is 137 g/mol. The van der Waals surface area contributed by atoms with Gasteiger partial charge in [-0.3, -0.25) is 5.10 Å². The molecule has 0 unspecified atom stereocenters. The molecule has 2 heterocycles. The van der Waals surface area contributed by atoms with E-state index < -0.39 is 0 Å². The minimum atomic E-state index is 0.604. The summed E-state index contributed by atoms with van der Waals surface area (Å²) in [6, 6.07) is 1.93. The van der Waals surface area contributed by atoms with E-state index in [9.17, 15) is 0 Å². The van der Waals surface area contributed by atoms with Crippen LogP contribution in [0.25, 0.3) is 0 Å². The van der Waals surface area contributed by atoms with E-state index >= 15 is 0 Å². The highest BCUT2D eigenvalue weighted by Crippen LogP contribution is 2.30. The lowest BCUT2D eigenvalue weighted by Gasteiger charge is -2.03. The molecule has 1 aliphatic rings. The van der Waals surface area contributed by atoms with Gasteiger partial charge in [0.15, 0.2) is 0 Å². The molecule has 1 aromatic rings. The standard InChI is InChI=1S/C7H11BN3/c9-7-3-6(10-11-7)5-1-2-8-4-5/h3,5H,1-2,4H2,(H3,9,10,11)/t5-/m0/s1. The number of aromatic nitrogens is 2. The number of nitrogens with two attached hydrogens (primary N) is 1. The van der Waals surface area contributed by atoms with Gasteiger partial charge in [-0.2, -0.15) is 5.10 Å². The SMILES string of the molecule is Nc1cc([C@@H]2C[B]CC2)[nH]n1. The monoisotopic (exact) mass is 148 g/mol. The van der Waals surface area contributed by atoms with E-state index in [1.807, 2.05) is 6.07 Å². The highest BCUT2D eigenvalue weighted by molar-refractivity contribution is 6.36. The molecule has 1 fully saturated rings. The number of nitrogen functional groups attached to an aromatic ring is 1. The third-order valence-electron chi connectivity index (χ3n) is 2.23. The molecule has 3 nitrogen and oxygen atoms in total. The van der Waals surface area contributed by atoms with Crippen molar-refractivity contribution >= 4 is 13.1 Å². The van der Waals surface area contributed by atoms with Gasteiger partial charge in [-0.05, 0) is 5.92 Å². The molecule has 0 saturated carbocycles. The lowest BCUT2D eigenvalue weighted by Crippen LogP contribution is -1.91. The maximum atomic E-state index is 5.49. The molecule has 0 aliphatic carbocycles. The molecule has 1 aromatic heterocycles. The van der Waals surface area contributed by atoms with E-state index in [-0.39, 0.29) is 0 Å². The zero-order chi connectivity index (χ0) is 7.68. The number of hydrogen-bond donors (Lipinski definition) is 2. The van der Waals surface area contributed by atoms with Crippen molar-refractivity contribution in [2.45, 2.75) is 25.0 Å². The van der Waals surface area contributed by atoms with Gasteiger partial charge in [0.1, 0.15) is 13.1 Å². The maximum absolute atomic E-state index is 5.49. The van der Waals surface area contributed by atoms with Crippen molar-refractivity contribution in [3.63, 3.8) is 0 Å². The van der Waals surface area contributed by atoms with Crippen LogP contribution in [0.1, 0.15) is 18.0 Å². The third kappa shape index (κ3) is 1.25. The van der Waals surface area contributed by atoms with Gasteiger partial charge in [-0.1, -0.05) is 19.1 Å². The summed E-state index contributed by atoms with van der Waals surface area (Å²) in [6.07, 6.45) is 3.63. The molecule has 11 heavy (non-hydrogen) atoms. The van der Waals surface area contributed by atoms with E-state index in [4.69, 9.17) is 5.73 Å². The largest absolute Gasteiger partial charge is 0.382 e. The Kier molecular flexibility index (Phi) is 1.60. The molecule has 1 saturated heterocycles. The Morgan fingerprint density at radius 3 is 3.18 bits per heavy atom. The van der Waals surface area contributed by atoms with Crippen LogP contribution in [0.15, 0.2) is 6.07 Å². The zero-order valence-electron chi connectivity index (χ0n) is 6.38. The number of H-pyrrole nitrogens is 1. The first-order valence-corrected chi connectivity index (χ1v) is 3.98. The van der Waals surface area contributed by atoms with E-state index in [0.717, 1.165) is 0 Å². The fraction of sp³-hybridized carbons (Fsp3) is 0.571. The van der Waals surface area contributed by atoms with Crippen molar-refractivity contribution in [2.24, 2.45) is 0 Å². The zero-order valence-corrected chi connectivity index (χ0v) is 6.38. The summed E-state index contributed by atoms with van der Waals surface area (Å²) < 4.78 is 0. The fourth-order valence-electron chi connectivity index (χ4n) is 1.60. The fourth-order valence-corrected chi connectivity index (χ4v) is 1.60. The smallest absolute Gasteiger partial charge is 0.145 e. The summed E-state index contributed by atoms with van der Waals surface area (Å²) in [5, 5.41) is 6.85. The number of anilines is 1. The number of nitrogens with one attached hydrogen (secondary N) is 1. The molecule has 1 atom stereocenters. The second-order valence-corrected chi connectivity index (χ2v) is 3.05. The van der Waals surface area contributed by atoms with Gasteiger partial charge in [0.2, 0.25) is 0 Å². The minimum Gasteiger partial charge on any atom is -0.382 e. The Balaban J connectivity index is 2.15. The van der Waals surface area contributed by atoms with Crippen LogP contribution in [0.4, 0.5) is 5.82 Å². The summed E-state index contributed by atoms with van der Waals surface area (Å²) in [6.45, 7) is 0. The molecule has 0 bridgehead atoms. The molecule has 3 N–H and O–H groups in total. The first-order valence-electron chi connectivity index (χ1n) is 3.98. The lowest BCUT2D eigenvalue weighted by atomic mass is 9.76. The molecule has 0 amide bonds. The Morgan fingerprint density at radius 2 is 2.64 bits per heavy atom. The first kappa shape index (κ1) is 6.76. The third-order valence-corrected chi connectivity index (χ3v) is 2.23. The Labute approximate surface area is 66.6 Å². The number of rotatable bonds is 1. The van der Waals surface area contributed by atoms with Crippen molar-refractivity contribution in [3.05, 3.63) is 11.8 Å². The average molecular weight is 148 g/mol. The second kappa shape index (κ2) is 2.60. The van der Waals surface area contributed by atoms with Crippen LogP contribution in [-0.4, -0.2) is 17.5 Å². The van der Waals surface area contributed by atoms with Gasteiger partial charge in [-0.25, -0.2) is 0 Å². The van der Waals surface area contributed by atoms with Crippen LogP contribution in [0.2, 0.25) is 12.6 Å². The van der Waals surface area contributed by atoms with Gasteiger partial charge in [-0.15, -0.1) is 0 Å². The Hall–Kier alpha value is -0.925. The quantitative estimate of drug-likeness (QED) is 0.584. The van der Waals surface area contributed by atoms with Crippen LogP contribution < -0.4 is 5.73 Å². The average Bonchev–Trinajstić information content (AvgIpc) is 2.55. The van der Waals surface area contributed by atoms with Crippen molar-refractivity contribution in [3.8, 4) is 0 Å². The summed E-state index contributed by atoms with van der Waals surface area (Å²) >= 11 is 0. The Bertz CT molecular complexity index is 240. The molecule has 2 rings (SSSR count). The van der Waals surface area contributed by atoms with E-state index in [1.165, 1.54) is 24.8 Å². The summed E-state index contributed by atoms with van der Waals surface area (Å²) in [7, 11) is 2.32. The lowest BCUT2D eigenvalue weighted by molar-refractivity contribution is 0.735. The Morgan fingerprint density at radius 1 is 1.73 bits per heavy atom. The van der Waals surface area contributed by atoms with Gasteiger partial charge < -0.3 is 5.73 Å². The molecular formula is C7H11BN3. The van der Waals surface area contributed by atoms with Crippen molar-refractivity contribution < 1.29 is 0 Å². The molecule has 0 aromatic carbocycles. The summed E-state index contributed by atoms with van der Waals surface area (Å²) in [5.41, 5.74) is 6.68. The molecule has 57 valence electrons. The predicted molar refractivity (Wildman–Crippen MR) is 45.7 cm³/mol. The highest BCUT2D eigenvalue weighted by atomic mass is 15.2. The predicted octanol–water partition coefficient (Wildman–Crippen LogP) is 1.02. The second-order valence-electron chi connectivity index (χ2n) is 3.05. The van der Waals surface area contributed by atoms with Crippen LogP contribution in [0.5, 0.6) is 0 Å². The van der Waals surface area contributed by atoms with Crippen molar-refractivity contribution in [1.82, 2.24) is 10.2 Å². The minimum absolute atomic E-state index is 0.604. The molecule has 1 aliphatic heterocycles. The van der Waals surface area contributed by atoms with E-state index in [2.05, 4.69) is 17.5 Å². The first-order chi connectivity index (χ1) is 5.36. The number of hydrogen-bond acceptors (Lipinski definition) is 2. The molecule has 4 heteroatoms. The van der Waals surface area contributed by atoms with Crippen LogP contribution in [0, 0.1) is 0 Å². The maximum Gasteiger partial charge on any atom is 0.145 e. The van der Waals surface area contributed by atoms with Crippen LogP contribution in [0.3, 0.4) is 0 Å². The van der Waals surface area contributed by atoms with Crippen LogP contribution >= 0.6 is 0 Å². The summed E-state index contributed by atoms with van der Waals surface area (Å²) in [5.74, 6) is 1.24. The highest BCUT2D eigenvalue weighted by Gasteiger charge is 2.18. The van der Waals surface area contributed by atoms with Gasteiger partial charge in [0.05, 0.1) is 0 Å². The summed E-state index contributed by atoms with van der Waals surface area (Å²) in [4.78, 5) is 0. The van der Waals surface area contributed by atoms with E-state index in [0.29, 0.717) is 11.7 Å².